The van der Waals surface area contributed by atoms with E-state index in [0.717, 1.165) is 16.8 Å². The van der Waals surface area contributed by atoms with Crippen molar-refractivity contribution in [1.82, 2.24) is 25.8 Å². The molecule has 0 bridgehead atoms. The second kappa shape index (κ2) is 18.2. The number of aromatic nitrogens is 1. The first kappa shape index (κ1) is 41.6. The van der Waals surface area contributed by atoms with E-state index in [1.807, 2.05) is 12.1 Å². The number of carbonyl (C=O) groups is 6. The van der Waals surface area contributed by atoms with Gasteiger partial charge < -0.3 is 36.6 Å². The number of nitrogens with one attached hydrogen (secondary N) is 6. The van der Waals surface area contributed by atoms with Crippen molar-refractivity contribution >= 4 is 70.3 Å². The van der Waals surface area contributed by atoms with Crippen molar-refractivity contribution in [3.05, 3.63) is 119 Å². The van der Waals surface area contributed by atoms with Crippen LogP contribution in [-0.2, 0) is 32.1 Å². The molecular weight excluding hydrogens is 814 g/mol. The molecule has 17 heteroatoms. The molecule has 0 spiro atoms. The van der Waals surface area contributed by atoms with E-state index in [2.05, 4.69) is 36.3 Å². The van der Waals surface area contributed by atoms with Crippen LogP contribution in [-0.4, -0.2) is 71.0 Å². The zero-order valence-corrected chi connectivity index (χ0v) is 34.1. The fourth-order valence-electron chi connectivity index (χ4n) is 7.68. The molecule has 15 nitrogen and oxygen atoms in total. The highest BCUT2D eigenvalue weighted by Crippen LogP contribution is 2.35. The third kappa shape index (κ3) is 9.28. The highest BCUT2D eigenvalue weighted by Gasteiger charge is 2.40. The minimum atomic E-state index is -0.747. The molecule has 1 fully saturated rings. The molecule has 5 aromatic rings. The average Bonchev–Trinajstić information content (AvgIpc) is 3.59. The number of carbonyl (C=O) groups excluding carboxylic acids is 6. The highest BCUT2D eigenvalue weighted by molar-refractivity contribution is 8.00. The smallest absolute Gasteiger partial charge is 0.255 e. The van der Waals surface area contributed by atoms with Crippen LogP contribution in [0.2, 0.25) is 0 Å². The SMILES string of the molecule is Nc1ncc(-c2ccc(SNc3ccc(NC(=O)CNCCCC(=O)Nc4cccc5c4CN(C4CCC(=O)NC4=O)C5=O)cc3)cc2F)cc1-c1ccc2c(c1)CCNC2=O. The number of piperidine rings is 1. The molecule has 1 unspecified atom stereocenters. The van der Waals surface area contributed by atoms with Crippen LogP contribution in [0.15, 0.2) is 96.0 Å². The normalized spacial score (nSPS) is 15.6. The first-order valence-corrected chi connectivity index (χ1v) is 20.9. The largest absolute Gasteiger partial charge is 0.383 e. The van der Waals surface area contributed by atoms with E-state index >= 15 is 4.39 Å². The number of benzene rings is 4. The van der Waals surface area contributed by atoms with Crippen LogP contribution in [0.1, 0.15) is 57.5 Å². The predicted molar refractivity (Wildman–Crippen MR) is 233 cm³/mol. The number of nitrogens with two attached hydrogens (primary N) is 1. The lowest BCUT2D eigenvalue weighted by molar-refractivity contribution is -0.137. The van der Waals surface area contributed by atoms with E-state index in [1.54, 1.807) is 72.9 Å². The van der Waals surface area contributed by atoms with Crippen molar-refractivity contribution in [2.45, 2.75) is 49.6 Å². The number of nitrogen functional groups attached to an aromatic ring is 1. The van der Waals surface area contributed by atoms with Crippen molar-refractivity contribution < 1.29 is 33.2 Å². The van der Waals surface area contributed by atoms with Crippen LogP contribution >= 0.6 is 11.9 Å². The molecule has 8 N–H and O–H groups in total. The number of hydrogen-bond donors (Lipinski definition) is 7. The summed E-state index contributed by atoms with van der Waals surface area (Å²) in [6, 6.07) is 23.6. The molecule has 3 aliphatic heterocycles. The van der Waals surface area contributed by atoms with Gasteiger partial charge in [0.2, 0.25) is 23.6 Å². The Kier molecular flexibility index (Phi) is 12.2. The minimum absolute atomic E-state index is 0.0331. The van der Waals surface area contributed by atoms with Gasteiger partial charge in [-0.1, -0.05) is 24.3 Å². The van der Waals surface area contributed by atoms with Gasteiger partial charge in [-0.2, -0.15) is 0 Å². The van der Waals surface area contributed by atoms with Crippen LogP contribution in [0.5, 0.6) is 0 Å². The van der Waals surface area contributed by atoms with Crippen LogP contribution in [0, 0.1) is 5.82 Å². The highest BCUT2D eigenvalue weighted by atomic mass is 32.2. The summed E-state index contributed by atoms with van der Waals surface area (Å²) in [5.41, 5.74) is 13.1. The molecule has 4 heterocycles. The fourth-order valence-corrected chi connectivity index (χ4v) is 8.35. The first-order valence-electron chi connectivity index (χ1n) is 20.1. The molecule has 0 radical (unpaired) electrons. The van der Waals surface area contributed by atoms with Crippen molar-refractivity contribution in [2.75, 3.05) is 40.7 Å². The van der Waals surface area contributed by atoms with Gasteiger partial charge in [-0.15, -0.1) is 0 Å². The summed E-state index contributed by atoms with van der Waals surface area (Å²) >= 11 is 1.23. The molecule has 3 aliphatic rings. The second-order valence-corrected chi connectivity index (χ2v) is 15.9. The third-order valence-corrected chi connectivity index (χ3v) is 11.7. The maximum atomic E-state index is 15.5. The summed E-state index contributed by atoms with van der Waals surface area (Å²) in [5.74, 6) is -1.91. The van der Waals surface area contributed by atoms with Gasteiger partial charge in [0.05, 0.1) is 6.54 Å². The Morgan fingerprint density at radius 3 is 2.47 bits per heavy atom. The summed E-state index contributed by atoms with van der Waals surface area (Å²) in [4.78, 5) is 81.0. The Morgan fingerprint density at radius 1 is 0.855 bits per heavy atom. The van der Waals surface area contributed by atoms with Crippen molar-refractivity contribution in [3.8, 4) is 22.3 Å². The van der Waals surface area contributed by atoms with Gasteiger partial charge in [-0.05, 0) is 110 Å². The van der Waals surface area contributed by atoms with E-state index in [9.17, 15) is 28.8 Å². The Hall–Kier alpha value is -7.11. The van der Waals surface area contributed by atoms with Gasteiger partial charge >= 0.3 is 0 Å². The van der Waals surface area contributed by atoms with Crippen LogP contribution in [0.25, 0.3) is 22.3 Å². The van der Waals surface area contributed by atoms with Crippen LogP contribution < -0.4 is 37.0 Å². The van der Waals surface area contributed by atoms with Gasteiger partial charge in [0.15, 0.2) is 0 Å². The Labute approximate surface area is 359 Å². The van der Waals surface area contributed by atoms with Crippen LogP contribution in [0.3, 0.4) is 0 Å². The molecular formula is C45H42FN9O6S. The number of pyridine rings is 1. The number of anilines is 4. The number of hydrogen-bond acceptors (Lipinski definition) is 11. The van der Waals surface area contributed by atoms with E-state index in [0.29, 0.717) is 81.4 Å². The summed E-state index contributed by atoms with van der Waals surface area (Å²) in [6.45, 7) is 1.16. The van der Waals surface area contributed by atoms with Gasteiger partial charge in [0.1, 0.15) is 17.7 Å². The molecule has 4 aromatic carbocycles. The van der Waals surface area contributed by atoms with E-state index < -0.39 is 17.8 Å². The molecule has 0 saturated carbocycles. The van der Waals surface area contributed by atoms with Gasteiger partial charge in [0.25, 0.3) is 11.8 Å². The summed E-state index contributed by atoms with van der Waals surface area (Å²) in [5, 5.41) is 13.9. The number of imide groups is 1. The third-order valence-electron chi connectivity index (χ3n) is 10.9. The second-order valence-electron chi connectivity index (χ2n) is 15.1. The van der Waals surface area contributed by atoms with Crippen molar-refractivity contribution in [2.24, 2.45) is 0 Å². The molecule has 8 rings (SSSR count). The Bertz CT molecular complexity index is 2620. The predicted octanol–water partition coefficient (Wildman–Crippen LogP) is 5.25. The summed E-state index contributed by atoms with van der Waals surface area (Å²) in [6.07, 6.45) is 3.28. The van der Waals surface area contributed by atoms with Gasteiger partial charge in [0, 0.05) is 87.5 Å². The molecule has 0 aliphatic carbocycles. The van der Waals surface area contributed by atoms with Crippen molar-refractivity contribution in [3.63, 3.8) is 0 Å². The van der Waals surface area contributed by atoms with E-state index in [1.165, 1.54) is 22.9 Å². The lowest BCUT2D eigenvalue weighted by Gasteiger charge is -2.29. The summed E-state index contributed by atoms with van der Waals surface area (Å²) < 4.78 is 18.7. The molecule has 62 heavy (non-hydrogen) atoms. The lowest BCUT2D eigenvalue weighted by Crippen LogP contribution is -2.52. The molecule has 6 amide bonds. The lowest BCUT2D eigenvalue weighted by atomic mass is 9.94. The number of nitrogens with zero attached hydrogens (tertiary/aromatic N) is 2. The zero-order valence-electron chi connectivity index (χ0n) is 33.3. The maximum absolute atomic E-state index is 15.5. The Balaban J connectivity index is 0.760. The number of fused-ring (bicyclic) bond motifs is 2. The number of amides is 6. The Morgan fingerprint density at radius 2 is 1.66 bits per heavy atom. The summed E-state index contributed by atoms with van der Waals surface area (Å²) in [7, 11) is 0. The van der Waals surface area contributed by atoms with Gasteiger partial charge in [-0.25, -0.2) is 9.37 Å². The van der Waals surface area contributed by atoms with E-state index in [4.69, 9.17) is 5.73 Å². The number of halogens is 1. The standard InChI is InChI=1S/C45H42FN9O6S/c46-36-21-30(11-13-31(36)27-20-34(42(47)50-22-27)25-6-12-32-26(19-25)16-18-49-43(32)59)62-54-29-9-7-28(8-10-29)51-41(58)23-48-17-2-5-39(56)52-37-4-1-3-33-35(37)24-55(45(33)61)38-14-15-40(57)53-44(38)60/h1,3-4,6-13,19-22,38,48,54H,2,5,14-18,23-24H2,(H2,47,50)(H,49,59)(H,51,58)(H,52,56)(H,53,57,60). The van der Waals surface area contributed by atoms with Crippen molar-refractivity contribution in [1.29, 1.82) is 0 Å². The average molecular weight is 856 g/mol. The first-order chi connectivity index (χ1) is 30.0. The monoisotopic (exact) mass is 855 g/mol. The van der Waals surface area contributed by atoms with E-state index in [-0.39, 0.29) is 61.9 Å². The molecule has 316 valence electrons. The van der Waals surface area contributed by atoms with Gasteiger partial charge in [-0.3, -0.25) is 34.1 Å². The topological polar surface area (TPSA) is 217 Å². The molecule has 1 aromatic heterocycles. The molecule has 1 saturated heterocycles. The minimum Gasteiger partial charge on any atom is -0.383 e. The zero-order chi connectivity index (χ0) is 43.3. The fraction of sp³-hybridized carbons (Fsp3) is 0.222. The maximum Gasteiger partial charge on any atom is 0.255 e. The van der Waals surface area contributed by atoms with Crippen LogP contribution in [0.4, 0.5) is 27.3 Å². The molecule has 1 atom stereocenters. The quantitative estimate of drug-likeness (QED) is 0.0435. The number of rotatable bonds is 14.